The van der Waals surface area contributed by atoms with E-state index >= 15 is 0 Å². The quantitative estimate of drug-likeness (QED) is 0.559. The number of alkyl carbamates (subject to hydrolysis) is 1. The van der Waals surface area contributed by atoms with E-state index in [0.717, 1.165) is 17.5 Å². The Labute approximate surface area is 201 Å². The highest BCUT2D eigenvalue weighted by Gasteiger charge is 2.48. The van der Waals surface area contributed by atoms with Gasteiger partial charge in [-0.3, -0.25) is 14.4 Å². The molecule has 2 N–H and O–H groups in total. The van der Waals surface area contributed by atoms with Crippen molar-refractivity contribution in [2.45, 2.75) is 78.6 Å². The number of methoxy groups -OCH3 is 1. The minimum atomic E-state index is -0.976. The van der Waals surface area contributed by atoms with E-state index in [1.54, 1.807) is 32.6 Å². The van der Waals surface area contributed by atoms with Crippen LogP contribution in [0.4, 0.5) is 4.79 Å². The molecule has 34 heavy (non-hydrogen) atoms. The molecule has 3 amide bonds. The van der Waals surface area contributed by atoms with Gasteiger partial charge in [0.2, 0.25) is 11.8 Å². The molecule has 9 nitrogen and oxygen atoms in total. The molecule has 2 rings (SSSR count). The Hall–Kier alpha value is -3.10. The summed E-state index contributed by atoms with van der Waals surface area (Å²) in [5, 5.41) is 5.20. The fourth-order valence-corrected chi connectivity index (χ4v) is 3.93. The fraction of sp³-hybridized carbons (Fsp3) is 0.600. The molecular weight excluding hydrogens is 438 g/mol. The number of amides is 3. The zero-order valence-electron chi connectivity index (χ0n) is 21.4. The van der Waals surface area contributed by atoms with E-state index in [0.29, 0.717) is 5.56 Å². The van der Waals surface area contributed by atoms with Crippen LogP contribution in [0.5, 0.6) is 0 Å². The van der Waals surface area contributed by atoms with Gasteiger partial charge in [0.05, 0.1) is 7.11 Å². The zero-order valence-corrected chi connectivity index (χ0v) is 21.4. The first kappa shape index (κ1) is 27.1. The molecule has 0 radical (unpaired) electrons. The number of hydrogen-bond donors (Lipinski definition) is 2. The molecule has 0 bridgehead atoms. The highest BCUT2D eigenvalue weighted by Crippen LogP contribution is 2.41. The van der Waals surface area contributed by atoms with Gasteiger partial charge in [0.15, 0.2) is 0 Å². The first-order chi connectivity index (χ1) is 15.8. The largest absolute Gasteiger partial charge is 0.468 e. The van der Waals surface area contributed by atoms with Crippen molar-refractivity contribution >= 4 is 23.9 Å². The van der Waals surface area contributed by atoms with Gasteiger partial charge in [0.1, 0.15) is 24.2 Å². The van der Waals surface area contributed by atoms with Crippen LogP contribution in [-0.2, 0) is 23.9 Å². The smallest absolute Gasteiger partial charge is 0.408 e. The third-order valence-electron chi connectivity index (χ3n) is 5.76. The number of ether oxygens (including phenoxy) is 2. The predicted molar refractivity (Wildman–Crippen MR) is 127 cm³/mol. The summed E-state index contributed by atoms with van der Waals surface area (Å²) in [4.78, 5) is 52.7. The highest BCUT2D eigenvalue weighted by atomic mass is 16.6. The molecule has 0 spiro atoms. The van der Waals surface area contributed by atoms with Gasteiger partial charge in [-0.2, -0.15) is 0 Å². The van der Waals surface area contributed by atoms with Crippen LogP contribution in [0.2, 0.25) is 0 Å². The number of esters is 1. The molecule has 188 valence electrons. The number of nitrogens with one attached hydrogen (secondary N) is 2. The van der Waals surface area contributed by atoms with Crippen LogP contribution in [0.15, 0.2) is 18.2 Å². The molecule has 0 saturated heterocycles. The SMILES string of the molecule is COC(=O)CNC(=O)C(c1c(C)cccc1C)N(C(=O)C(C)NC(=O)OC(C)(C)C)C1CC1C. The van der Waals surface area contributed by atoms with E-state index in [2.05, 4.69) is 15.4 Å². The van der Waals surface area contributed by atoms with Gasteiger partial charge in [0, 0.05) is 6.04 Å². The third-order valence-corrected chi connectivity index (χ3v) is 5.76. The average Bonchev–Trinajstić information content (AvgIpc) is 3.44. The van der Waals surface area contributed by atoms with Crippen molar-refractivity contribution in [1.29, 1.82) is 0 Å². The number of rotatable bonds is 8. The summed E-state index contributed by atoms with van der Waals surface area (Å²) in [6, 6.07) is 3.56. The van der Waals surface area contributed by atoms with Crippen molar-refractivity contribution in [1.82, 2.24) is 15.5 Å². The van der Waals surface area contributed by atoms with Gasteiger partial charge < -0.3 is 25.0 Å². The molecule has 0 aromatic heterocycles. The van der Waals surface area contributed by atoms with Crippen molar-refractivity contribution in [3.8, 4) is 0 Å². The molecule has 4 atom stereocenters. The number of carbonyl (C=O) groups is 4. The molecule has 9 heteroatoms. The number of benzene rings is 1. The molecule has 4 unspecified atom stereocenters. The fourth-order valence-electron chi connectivity index (χ4n) is 3.93. The van der Waals surface area contributed by atoms with Crippen molar-refractivity contribution in [3.05, 3.63) is 34.9 Å². The van der Waals surface area contributed by atoms with E-state index in [9.17, 15) is 19.2 Å². The first-order valence-electron chi connectivity index (χ1n) is 11.5. The van der Waals surface area contributed by atoms with Gasteiger partial charge >= 0.3 is 12.1 Å². The lowest BCUT2D eigenvalue weighted by Gasteiger charge is -2.35. The molecule has 1 aromatic rings. The standard InChI is InChI=1S/C25H37N3O6/c1-14-10-9-11-15(2)20(14)21(22(30)26-13-19(29)33-8)28(18-12-16(18)3)23(31)17(4)27-24(32)34-25(5,6)7/h9-11,16-18,21H,12-13H2,1-8H3,(H,26,30)(H,27,32). The van der Waals surface area contributed by atoms with E-state index < -0.39 is 41.6 Å². The molecule has 0 aliphatic heterocycles. The molecule has 1 aliphatic rings. The monoisotopic (exact) mass is 475 g/mol. The lowest BCUT2D eigenvalue weighted by Crippen LogP contribution is -2.53. The summed E-state index contributed by atoms with van der Waals surface area (Å²) in [5.74, 6) is -1.29. The predicted octanol–water partition coefficient (Wildman–Crippen LogP) is 2.78. The van der Waals surface area contributed by atoms with Crippen LogP contribution >= 0.6 is 0 Å². The van der Waals surface area contributed by atoms with Gasteiger partial charge in [0.25, 0.3) is 0 Å². The summed E-state index contributed by atoms with van der Waals surface area (Å²) >= 11 is 0. The molecular formula is C25H37N3O6. The van der Waals surface area contributed by atoms with Crippen LogP contribution in [-0.4, -0.2) is 60.1 Å². The van der Waals surface area contributed by atoms with Crippen LogP contribution in [0.25, 0.3) is 0 Å². The van der Waals surface area contributed by atoms with E-state index in [4.69, 9.17) is 4.74 Å². The van der Waals surface area contributed by atoms with Crippen molar-refractivity contribution in [2.75, 3.05) is 13.7 Å². The summed E-state index contributed by atoms with van der Waals surface area (Å²) < 4.78 is 9.94. The Morgan fingerprint density at radius 2 is 1.71 bits per heavy atom. The lowest BCUT2D eigenvalue weighted by molar-refractivity contribution is -0.145. The van der Waals surface area contributed by atoms with E-state index in [1.807, 2.05) is 39.0 Å². The molecule has 1 aromatic carbocycles. The number of nitrogens with zero attached hydrogens (tertiary/aromatic N) is 1. The van der Waals surface area contributed by atoms with Crippen molar-refractivity contribution in [2.24, 2.45) is 5.92 Å². The summed E-state index contributed by atoms with van der Waals surface area (Å²) in [7, 11) is 1.24. The van der Waals surface area contributed by atoms with E-state index in [1.165, 1.54) is 7.11 Å². The van der Waals surface area contributed by atoms with Crippen LogP contribution in [0.1, 0.15) is 63.8 Å². The maximum absolute atomic E-state index is 13.7. The second-order valence-electron chi connectivity index (χ2n) is 9.90. The topological polar surface area (TPSA) is 114 Å². The Bertz CT molecular complexity index is 919. The van der Waals surface area contributed by atoms with Crippen molar-refractivity contribution in [3.63, 3.8) is 0 Å². The molecule has 1 fully saturated rings. The van der Waals surface area contributed by atoms with Crippen LogP contribution in [0, 0.1) is 19.8 Å². The number of carbonyl (C=O) groups excluding carboxylic acids is 4. The second kappa shape index (κ2) is 10.9. The molecule has 1 aliphatic carbocycles. The Morgan fingerprint density at radius 1 is 1.15 bits per heavy atom. The van der Waals surface area contributed by atoms with Gasteiger partial charge in [-0.15, -0.1) is 0 Å². The van der Waals surface area contributed by atoms with Crippen LogP contribution in [0.3, 0.4) is 0 Å². The number of aryl methyl sites for hydroxylation is 2. The van der Waals surface area contributed by atoms with Crippen molar-refractivity contribution < 1.29 is 28.7 Å². The second-order valence-corrected chi connectivity index (χ2v) is 9.90. The maximum Gasteiger partial charge on any atom is 0.408 e. The normalized spacial score (nSPS) is 18.8. The first-order valence-corrected chi connectivity index (χ1v) is 11.5. The lowest BCUT2D eigenvalue weighted by atomic mass is 9.93. The minimum Gasteiger partial charge on any atom is -0.468 e. The molecule has 1 saturated carbocycles. The Balaban J connectivity index is 2.44. The maximum atomic E-state index is 13.7. The summed E-state index contributed by atoms with van der Waals surface area (Å²) in [6.07, 6.45) is 0.0206. The molecule has 0 heterocycles. The Kier molecular flexibility index (Phi) is 8.69. The minimum absolute atomic E-state index is 0.178. The summed E-state index contributed by atoms with van der Waals surface area (Å²) in [5.41, 5.74) is 1.67. The Morgan fingerprint density at radius 3 is 2.18 bits per heavy atom. The van der Waals surface area contributed by atoms with E-state index in [-0.39, 0.29) is 18.5 Å². The third kappa shape index (κ3) is 6.95. The average molecular weight is 476 g/mol. The number of hydrogen-bond acceptors (Lipinski definition) is 6. The highest BCUT2D eigenvalue weighted by molar-refractivity contribution is 5.93. The summed E-state index contributed by atoms with van der Waals surface area (Å²) in [6.45, 7) is 12.2. The van der Waals surface area contributed by atoms with Gasteiger partial charge in [-0.25, -0.2) is 4.79 Å². The van der Waals surface area contributed by atoms with Gasteiger partial charge in [-0.1, -0.05) is 25.1 Å². The zero-order chi connectivity index (χ0) is 25.8. The van der Waals surface area contributed by atoms with Crippen LogP contribution < -0.4 is 10.6 Å². The van der Waals surface area contributed by atoms with Gasteiger partial charge in [-0.05, 0) is 70.6 Å².